The fraction of sp³-hybridized carbons (Fsp3) is 0.333. The summed E-state index contributed by atoms with van der Waals surface area (Å²) in [6.45, 7) is 1.91. The van der Waals surface area contributed by atoms with Crippen molar-refractivity contribution >= 4 is 10.0 Å². The summed E-state index contributed by atoms with van der Waals surface area (Å²) in [5.41, 5.74) is 1.03. The molecular formula is C12H13NO2S. The number of hydrogen-bond acceptors (Lipinski definition) is 2. The SMILES string of the molecule is C#CN(C1CC1)S(=O)(=O)c1ccc(C)cc1. The molecule has 1 aromatic rings. The average Bonchev–Trinajstić information content (AvgIpc) is 3.03. The average molecular weight is 235 g/mol. The largest absolute Gasteiger partial charge is 0.271 e. The van der Waals surface area contributed by atoms with Crippen LogP contribution in [0.4, 0.5) is 0 Å². The molecule has 0 heterocycles. The fourth-order valence-electron chi connectivity index (χ4n) is 1.50. The van der Waals surface area contributed by atoms with E-state index in [1.54, 1.807) is 24.3 Å². The molecule has 0 bridgehead atoms. The number of sulfonamides is 1. The second-order valence-corrected chi connectivity index (χ2v) is 5.79. The minimum atomic E-state index is -3.51. The first kappa shape index (κ1) is 11.0. The molecule has 16 heavy (non-hydrogen) atoms. The zero-order valence-electron chi connectivity index (χ0n) is 9.05. The van der Waals surface area contributed by atoms with Gasteiger partial charge in [-0.15, -0.1) is 0 Å². The van der Waals surface area contributed by atoms with Crippen LogP contribution in [0.3, 0.4) is 0 Å². The Bertz CT molecular complexity index is 521. The predicted octanol–water partition coefficient (Wildman–Crippen LogP) is 1.74. The highest BCUT2D eigenvalue weighted by Crippen LogP contribution is 2.31. The van der Waals surface area contributed by atoms with Gasteiger partial charge in [0.15, 0.2) is 0 Å². The van der Waals surface area contributed by atoms with Crippen molar-refractivity contribution in [2.75, 3.05) is 0 Å². The van der Waals surface area contributed by atoms with Gasteiger partial charge in [0.2, 0.25) is 0 Å². The van der Waals surface area contributed by atoms with Gasteiger partial charge in [-0.2, -0.15) is 0 Å². The van der Waals surface area contributed by atoms with E-state index in [9.17, 15) is 8.42 Å². The highest BCUT2D eigenvalue weighted by molar-refractivity contribution is 7.89. The van der Waals surface area contributed by atoms with Gasteiger partial charge < -0.3 is 0 Å². The lowest BCUT2D eigenvalue weighted by Gasteiger charge is -2.16. The Morgan fingerprint density at radius 3 is 2.31 bits per heavy atom. The van der Waals surface area contributed by atoms with Crippen LogP contribution in [0.1, 0.15) is 18.4 Å². The third kappa shape index (κ3) is 1.91. The number of nitrogens with zero attached hydrogens (tertiary/aromatic N) is 1. The second kappa shape index (κ2) is 3.84. The Labute approximate surface area is 96.1 Å². The van der Waals surface area contributed by atoms with Crippen molar-refractivity contribution < 1.29 is 8.42 Å². The van der Waals surface area contributed by atoms with Crippen molar-refractivity contribution in [3.05, 3.63) is 29.8 Å². The van der Waals surface area contributed by atoms with E-state index in [1.165, 1.54) is 0 Å². The van der Waals surface area contributed by atoms with E-state index < -0.39 is 10.0 Å². The van der Waals surface area contributed by atoms with Crippen LogP contribution < -0.4 is 0 Å². The number of aryl methyl sites for hydroxylation is 1. The van der Waals surface area contributed by atoms with Gasteiger partial charge in [-0.1, -0.05) is 24.1 Å². The first-order valence-electron chi connectivity index (χ1n) is 5.13. The van der Waals surface area contributed by atoms with Gasteiger partial charge in [0, 0.05) is 6.04 Å². The molecule has 0 N–H and O–H groups in total. The van der Waals surface area contributed by atoms with Crippen LogP contribution in [-0.4, -0.2) is 18.8 Å². The quantitative estimate of drug-likeness (QED) is 0.591. The number of terminal acetylenes is 1. The molecule has 1 aliphatic rings. The highest BCUT2D eigenvalue weighted by atomic mass is 32.2. The molecule has 0 amide bonds. The molecule has 1 fully saturated rings. The van der Waals surface area contributed by atoms with Crippen molar-refractivity contribution in [2.45, 2.75) is 30.7 Å². The maximum absolute atomic E-state index is 12.1. The van der Waals surface area contributed by atoms with E-state index in [4.69, 9.17) is 6.42 Å². The third-order valence-corrected chi connectivity index (χ3v) is 4.37. The minimum Gasteiger partial charge on any atom is -0.222 e. The van der Waals surface area contributed by atoms with E-state index in [0.29, 0.717) is 0 Å². The lowest BCUT2D eigenvalue weighted by molar-refractivity contribution is 0.507. The zero-order chi connectivity index (χ0) is 11.8. The Morgan fingerprint density at radius 1 is 1.31 bits per heavy atom. The normalized spacial score (nSPS) is 15.5. The smallest absolute Gasteiger partial charge is 0.222 e. The van der Waals surface area contributed by atoms with Crippen molar-refractivity contribution in [3.63, 3.8) is 0 Å². The molecule has 84 valence electrons. The van der Waals surface area contributed by atoms with Crippen LogP contribution in [0.15, 0.2) is 29.2 Å². The molecule has 3 nitrogen and oxygen atoms in total. The summed E-state index contributed by atoms with van der Waals surface area (Å²) < 4.78 is 25.4. The summed E-state index contributed by atoms with van der Waals surface area (Å²) in [5, 5.41) is 0. The van der Waals surface area contributed by atoms with Gasteiger partial charge in [0.1, 0.15) is 0 Å². The topological polar surface area (TPSA) is 37.4 Å². The molecule has 0 radical (unpaired) electrons. The van der Waals surface area contributed by atoms with Crippen LogP contribution in [-0.2, 0) is 10.0 Å². The molecule has 0 aromatic heterocycles. The summed E-state index contributed by atoms with van der Waals surface area (Å²) >= 11 is 0. The molecule has 1 aromatic carbocycles. The number of benzene rings is 1. The second-order valence-electron chi connectivity index (χ2n) is 3.97. The van der Waals surface area contributed by atoms with E-state index in [1.807, 2.05) is 6.92 Å². The summed E-state index contributed by atoms with van der Waals surface area (Å²) in [6, 6.07) is 8.99. The van der Waals surface area contributed by atoms with Gasteiger partial charge in [0.05, 0.1) is 10.9 Å². The van der Waals surface area contributed by atoms with Gasteiger partial charge in [0.25, 0.3) is 10.0 Å². The van der Waals surface area contributed by atoms with Crippen LogP contribution in [0.25, 0.3) is 0 Å². The molecule has 2 rings (SSSR count). The third-order valence-electron chi connectivity index (χ3n) is 2.58. The first-order valence-corrected chi connectivity index (χ1v) is 6.57. The first-order chi connectivity index (χ1) is 7.55. The Balaban J connectivity index is 2.38. The fourth-order valence-corrected chi connectivity index (χ4v) is 2.95. The number of rotatable bonds is 3. The Morgan fingerprint density at radius 2 is 1.88 bits per heavy atom. The summed E-state index contributed by atoms with van der Waals surface area (Å²) in [6.07, 6.45) is 6.98. The molecule has 0 spiro atoms. The molecule has 0 unspecified atom stereocenters. The Hall–Kier alpha value is -1.47. The maximum Gasteiger partial charge on any atom is 0.271 e. The van der Waals surface area contributed by atoms with Gasteiger partial charge >= 0.3 is 0 Å². The predicted molar refractivity (Wildman–Crippen MR) is 62.1 cm³/mol. The zero-order valence-corrected chi connectivity index (χ0v) is 9.87. The summed E-state index contributed by atoms with van der Waals surface area (Å²) in [4.78, 5) is 0.267. The molecular weight excluding hydrogens is 222 g/mol. The molecule has 0 atom stereocenters. The van der Waals surface area contributed by atoms with Gasteiger partial charge in [-0.3, -0.25) is 0 Å². The molecule has 1 saturated carbocycles. The van der Waals surface area contributed by atoms with Crippen molar-refractivity contribution in [2.24, 2.45) is 0 Å². The maximum atomic E-state index is 12.1. The van der Waals surface area contributed by atoms with Crippen LogP contribution in [0.5, 0.6) is 0 Å². The lowest BCUT2D eigenvalue weighted by Crippen LogP contribution is -2.28. The molecule has 0 saturated heterocycles. The minimum absolute atomic E-state index is 0.00342. The monoisotopic (exact) mass is 235 g/mol. The van der Waals surface area contributed by atoms with Crippen molar-refractivity contribution in [1.29, 1.82) is 0 Å². The van der Waals surface area contributed by atoms with E-state index in [2.05, 4.69) is 6.04 Å². The van der Waals surface area contributed by atoms with E-state index in [0.717, 1.165) is 22.7 Å². The molecule has 4 heteroatoms. The Kier molecular flexibility index (Phi) is 2.64. The van der Waals surface area contributed by atoms with Gasteiger partial charge in [-0.25, -0.2) is 12.7 Å². The summed E-state index contributed by atoms with van der Waals surface area (Å²) in [5.74, 6) is 0. The number of hydrogen-bond donors (Lipinski definition) is 0. The van der Waals surface area contributed by atoms with E-state index in [-0.39, 0.29) is 10.9 Å². The van der Waals surface area contributed by atoms with Crippen LogP contribution in [0, 0.1) is 19.4 Å². The highest BCUT2D eigenvalue weighted by Gasteiger charge is 2.36. The van der Waals surface area contributed by atoms with E-state index >= 15 is 0 Å². The van der Waals surface area contributed by atoms with Crippen molar-refractivity contribution in [1.82, 2.24) is 4.31 Å². The van der Waals surface area contributed by atoms with Gasteiger partial charge in [-0.05, 0) is 31.9 Å². The molecule has 0 aliphatic heterocycles. The lowest BCUT2D eigenvalue weighted by atomic mass is 10.2. The summed E-state index contributed by atoms with van der Waals surface area (Å²) in [7, 11) is -3.51. The van der Waals surface area contributed by atoms with Crippen molar-refractivity contribution in [3.8, 4) is 12.5 Å². The van der Waals surface area contributed by atoms with Crippen LogP contribution in [0.2, 0.25) is 0 Å². The van der Waals surface area contributed by atoms with Crippen LogP contribution >= 0.6 is 0 Å². The molecule has 1 aliphatic carbocycles. The standard InChI is InChI=1S/C12H13NO2S/c1-3-13(11-6-7-11)16(14,15)12-8-4-10(2)5-9-12/h1,4-5,8-9,11H,6-7H2,2H3.